The van der Waals surface area contributed by atoms with E-state index in [4.69, 9.17) is 5.73 Å². The second kappa shape index (κ2) is 7.80. The monoisotopic (exact) mass is 255 g/mol. The number of nitrogens with two attached hydrogens (primary N) is 1. The Labute approximate surface area is 109 Å². The van der Waals surface area contributed by atoms with Crippen LogP contribution in [0.3, 0.4) is 0 Å². The number of thiazole rings is 1. The highest BCUT2D eigenvalue weighted by Gasteiger charge is 2.09. The van der Waals surface area contributed by atoms with Crippen LogP contribution in [-0.2, 0) is 0 Å². The summed E-state index contributed by atoms with van der Waals surface area (Å²) < 4.78 is 0. The summed E-state index contributed by atoms with van der Waals surface area (Å²) >= 11 is 1.71. The zero-order chi connectivity index (χ0) is 12.7. The highest BCUT2D eigenvalue weighted by molar-refractivity contribution is 7.09. The van der Waals surface area contributed by atoms with Crippen LogP contribution in [0, 0.1) is 5.92 Å². The topological polar surface area (TPSA) is 50.9 Å². The molecule has 3 nitrogen and oxygen atoms in total. The van der Waals surface area contributed by atoms with Gasteiger partial charge in [0.1, 0.15) is 5.01 Å². The van der Waals surface area contributed by atoms with E-state index in [1.807, 2.05) is 11.6 Å². The fourth-order valence-electron chi connectivity index (χ4n) is 1.80. The normalized spacial score (nSPS) is 16.7. The molecule has 0 fully saturated rings. The quantitative estimate of drug-likeness (QED) is 0.751. The summed E-state index contributed by atoms with van der Waals surface area (Å²) in [6, 6.07) is 0.704. The van der Waals surface area contributed by atoms with Gasteiger partial charge in [0.05, 0.1) is 6.04 Å². The van der Waals surface area contributed by atoms with Gasteiger partial charge in [0, 0.05) is 17.6 Å². The highest BCUT2D eigenvalue weighted by atomic mass is 32.1. The molecule has 0 bridgehead atoms. The Balaban J connectivity index is 2.13. The van der Waals surface area contributed by atoms with Gasteiger partial charge in [0.15, 0.2) is 0 Å². The molecule has 0 aliphatic carbocycles. The molecule has 1 heterocycles. The van der Waals surface area contributed by atoms with Crippen molar-refractivity contribution in [2.75, 3.05) is 6.54 Å². The standard InChI is InChI=1S/C13H25N3S/c1-10(5-4-6-11(2)14)9-16-12(3)13-15-7-8-17-13/h7-8,10-12,16H,4-6,9,14H2,1-3H3. The first kappa shape index (κ1) is 14.6. The second-order valence-electron chi connectivity index (χ2n) is 5.01. The van der Waals surface area contributed by atoms with Crippen molar-refractivity contribution in [3.05, 3.63) is 16.6 Å². The maximum atomic E-state index is 5.74. The first-order valence-electron chi connectivity index (χ1n) is 6.48. The molecular weight excluding hydrogens is 230 g/mol. The Hall–Kier alpha value is -0.450. The minimum Gasteiger partial charge on any atom is -0.328 e. The molecule has 3 atom stereocenters. The average molecular weight is 255 g/mol. The van der Waals surface area contributed by atoms with Crippen molar-refractivity contribution < 1.29 is 0 Å². The van der Waals surface area contributed by atoms with E-state index in [0.29, 0.717) is 18.0 Å². The van der Waals surface area contributed by atoms with E-state index in [1.54, 1.807) is 11.3 Å². The Morgan fingerprint density at radius 1 is 1.35 bits per heavy atom. The molecule has 0 saturated carbocycles. The minimum atomic E-state index is 0.337. The molecule has 1 rings (SSSR count). The molecule has 0 radical (unpaired) electrons. The molecule has 0 aromatic carbocycles. The van der Waals surface area contributed by atoms with E-state index in [2.05, 4.69) is 31.1 Å². The second-order valence-corrected chi connectivity index (χ2v) is 5.94. The summed E-state index contributed by atoms with van der Waals surface area (Å²) in [5.74, 6) is 0.705. The van der Waals surface area contributed by atoms with Crippen molar-refractivity contribution >= 4 is 11.3 Å². The van der Waals surface area contributed by atoms with Crippen LogP contribution in [0.2, 0.25) is 0 Å². The van der Waals surface area contributed by atoms with E-state index in [-0.39, 0.29) is 0 Å². The van der Waals surface area contributed by atoms with E-state index in [9.17, 15) is 0 Å². The third-order valence-corrected chi connectivity index (χ3v) is 3.91. The molecule has 0 aliphatic rings. The van der Waals surface area contributed by atoms with Crippen molar-refractivity contribution in [3.8, 4) is 0 Å². The zero-order valence-electron chi connectivity index (χ0n) is 11.1. The largest absolute Gasteiger partial charge is 0.328 e. The van der Waals surface area contributed by atoms with Crippen molar-refractivity contribution in [3.63, 3.8) is 0 Å². The van der Waals surface area contributed by atoms with E-state index < -0.39 is 0 Å². The summed E-state index contributed by atoms with van der Waals surface area (Å²) in [4.78, 5) is 4.32. The van der Waals surface area contributed by atoms with Crippen LogP contribution >= 0.6 is 11.3 Å². The lowest BCUT2D eigenvalue weighted by Crippen LogP contribution is -2.24. The van der Waals surface area contributed by atoms with Crippen molar-refractivity contribution in [2.45, 2.75) is 52.1 Å². The maximum absolute atomic E-state index is 5.74. The van der Waals surface area contributed by atoms with Gasteiger partial charge in [0.2, 0.25) is 0 Å². The Bertz CT molecular complexity index is 285. The van der Waals surface area contributed by atoms with Gasteiger partial charge in [-0.3, -0.25) is 0 Å². The van der Waals surface area contributed by atoms with Crippen LogP contribution in [0.15, 0.2) is 11.6 Å². The molecular formula is C13H25N3S. The number of nitrogens with zero attached hydrogens (tertiary/aromatic N) is 1. The fourth-order valence-corrected chi connectivity index (χ4v) is 2.47. The minimum absolute atomic E-state index is 0.337. The number of aromatic nitrogens is 1. The Morgan fingerprint density at radius 2 is 2.12 bits per heavy atom. The van der Waals surface area contributed by atoms with E-state index in [0.717, 1.165) is 13.0 Å². The van der Waals surface area contributed by atoms with Crippen molar-refractivity contribution in [1.29, 1.82) is 0 Å². The number of nitrogens with one attached hydrogen (secondary N) is 1. The lowest BCUT2D eigenvalue weighted by molar-refractivity contribution is 0.425. The first-order chi connectivity index (χ1) is 8.09. The Kier molecular flexibility index (Phi) is 6.70. The molecule has 0 spiro atoms. The Morgan fingerprint density at radius 3 is 2.71 bits per heavy atom. The van der Waals surface area contributed by atoms with Crippen LogP contribution in [0.25, 0.3) is 0 Å². The molecule has 17 heavy (non-hydrogen) atoms. The molecule has 98 valence electrons. The van der Waals surface area contributed by atoms with E-state index >= 15 is 0 Å². The van der Waals surface area contributed by atoms with Crippen LogP contribution in [0.5, 0.6) is 0 Å². The molecule has 4 heteroatoms. The maximum Gasteiger partial charge on any atom is 0.109 e. The molecule has 0 amide bonds. The highest BCUT2D eigenvalue weighted by Crippen LogP contribution is 2.16. The summed E-state index contributed by atoms with van der Waals surface area (Å²) in [7, 11) is 0. The summed E-state index contributed by atoms with van der Waals surface area (Å²) in [5, 5.41) is 6.74. The summed E-state index contributed by atoms with van der Waals surface area (Å²) in [6.07, 6.45) is 5.47. The number of hydrogen-bond acceptors (Lipinski definition) is 4. The summed E-state index contributed by atoms with van der Waals surface area (Å²) in [5.41, 5.74) is 5.74. The molecule has 3 N–H and O–H groups in total. The molecule has 3 unspecified atom stereocenters. The average Bonchev–Trinajstić information content (AvgIpc) is 2.78. The van der Waals surface area contributed by atoms with Gasteiger partial charge in [-0.2, -0.15) is 0 Å². The predicted molar refractivity (Wildman–Crippen MR) is 75.2 cm³/mol. The first-order valence-corrected chi connectivity index (χ1v) is 7.36. The van der Waals surface area contributed by atoms with Crippen molar-refractivity contribution in [2.24, 2.45) is 11.7 Å². The lowest BCUT2D eigenvalue weighted by atomic mass is 10.0. The van der Waals surface area contributed by atoms with Gasteiger partial charge in [-0.15, -0.1) is 11.3 Å². The third kappa shape index (κ3) is 6.15. The van der Waals surface area contributed by atoms with Gasteiger partial charge >= 0.3 is 0 Å². The predicted octanol–water partition coefficient (Wildman–Crippen LogP) is 2.95. The van der Waals surface area contributed by atoms with Gasteiger partial charge in [-0.25, -0.2) is 4.98 Å². The van der Waals surface area contributed by atoms with Crippen LogP contribution in [0.4, 0.5) is 0 Å². The van der Waals surface area contributed by atoms with Crippen molar-refractivity contribution in [1.82, 2.24) is 10.3 Å². The summed E-state index contributed by atoms with van der Waals surface area (Å²) in [6.45, 7) is 7.60. The smallest absolute Gasteiger partial charge is 0.109 e. The fraction of sp³-hybridized carbons (Fsp3) is 0.769. The van der Waals surface area contributed by atoms with Gasteiger partial charge in [-0.05, 0) is 39.2 Å². The van der Waals surface area contributed by atoms with Crippen LogP contribution in [-0.4, -0.2) is 17.6 Å². The van der Waals surface area contributed by atoms with Gasteiger partial charge < -0.3 is 11.1 Å². The zero-order valence-corrected chi connectivity index (χ0v) is 12.0. The van der Waals surface area contributed by atoms with Crippen LogP contribution in [0.1, 0.15) is 51.1 Å². The van der Waals surface area contributed by atoms with Crippen LogP contribution < -0.4 is 11.1 Å². The SMILES string of the molecule is CC(N)CCCC(C)CNC(C)c1nccs1. The van der Waals surface area contributed by atoms with E-state index in [1.165, 1.54) is 17.8 Å². The number of rotatable bonds is 8. The molecule has 0 aliphatic heterocycles. The van der Waals surface area contributed by atoms with Gasteiger partial charge in [-0.1, -0.05) is 13.3 Å². The van der Waals surface area contributed by atoms with Gasteiger partial charge in [0.25, 0.3) is 0 Å². The third-order valence-electron chi connectivity index (χ3n) is 2.95. The molecule has 1 aromatic heterocycles. The number of hydrogen-bond donors (Lipinski definition) is 2. The lowest BCUT2D eigenvalue weighted by Gasteiger charge is -2.16. The molecule has 1 aromatic rings. The molecule has 0 saturated heterocycles.